The molecule has 1 N–H and O–H groups in total. The van der Waals surface area contributed by atoms with Gasteiger partial charge < -0.3 is 9.84 Å². The zero-order valence-electron chi connectivity index (χ0n) is 11.0. The summed E-state index contributed by atoms with van der Waals surface area (Å²) in [5.41, 5.74) is 1.01. The molecule has 0 bridgehead atoms. The van der Waals surface area contributed by atoms with E-state index in [4.69, 9.17) is 9.84 Å². The zero-order valence-corrected chi connectivity index (χ0v) is 11.9. The molecular weight excluding hydrogens is 264 g/mol. The first-order chi connectivity index (χ1) is 8.98. The molecule has 5 heteroatoms. The van der Waals surface area contributed by atoms with Crippen molar-refractivity contribution in [2.75, 3.05) is 6.61 Å². The predicted octanol–water partition coefficient (Wildman–Crippen LogP) is 1.82. The van der Waals surface area contributed by atoms with Gasteiger partial charge in [0.15, 0.2) is 0 Å². The van der Waals surface area contributed by atoms with Crippen molar-refractivity contribution in [3.05, 3.63) is 40.8 Å². The minimum atomic E-state index is -3.53. The van der Waals surface area contributed by atoms with E-state index in [-0.39, 0.29) is 16.4 Å². The monoisotopic (exact) mass is 282 g/mol. The van der Waals surface area contributed by atoms with Crippen LogP contribution in [0.4, 0.5) is 0 Å². The third-order valence-corrected chi connectivity index (χ3v) is 5.11. The first-order valence-electron chi connectivity index (χ1n) is 6.28. The van der Waals surface area contributed by atoms with Crippen LogP contribution >= 0.6 is 0 Å². The van der Waals surface area contributed by atoms with Gasteiger partial charge >= 0.3 is 0 Å². The van der Waals surface area contributed by atoms with E-state index in [9.17, 15) is 8.42 Å². The zero-order chi connectivity index (χ0) is 14.0. The summed E-state index contributed by atoms with van der Waals surface area (Å²) in [7, 11) is -3.53. The Hall–Kier alpha value is -1.17. The Labute approximate surface area is 113 Å². The van der Waals surface area contributed by atoms with Crippen molar-refractivity contribution in [1.29, 1.82) is 0 Å². The molecule has 0 unspecified atom stereocenters. The van der Waals surface area contributed by atoms with Crippen LogP contribution in [0, 0.1) is 6.92 Å². The average molecular weight is 282 g/mol. The molecule has 0 spiro atoms. The van der Waals surface area contributed by atoms with Gasteiger partial charge in [0.2, 0.25) is 9.84 Å². The number of sulfone groups is 1. The number of rotatable bonds is 4. The summed E-state index contributed by atoms with van der Waals surface area (Å²) in [6, 6.07) is 6.75. The van der Waals surface area contributed by atoms with E-state index in [2.05, 4.69) is 0 Å². The van der Waals surface area contributed by atoms with Gasteiger partial charge in [0.25, 0.3) is 0 Å². The van der Waals surface area contributed by atoms with Crippen molar-refractivity contribution in [3.63, 3.8) is 0 Å². The van der Waals surface area contributed by atoms with E-state index in [1.165, 1.54) is 6.08 Å². The summed E-state index contributed by atoms with van der Waals surface area (Å²) in [6.45, 7) is 3.57. The van der Waals surface area contributed by atoms with Crippen molar-refractivity contribution in [1.82, 2.24) is 0 Å². The van der Waals surface area contributed by atoms with Crippen molar-refractivity contribution < 1.29 is 18.3 Å². The molecule has 0 amide bonds. The van der Waals surface area contributed by atoms with Crippen LogP contribution in [0.2, 0.25) is 0 Å². The summed E-state index contributed by atoms with van der Waals surface area (Å²) >= 11 is 0. The summed E-state index contributed by atoms with van der Waals surface area (Å²) in [5.74, 6) is 0. The minimum Gasteiger partial charge on any atom is -0.393 e. The Morgan fingerprint density at radius 3 is 2.42 bits per heavy atom. The lowest BCUT2D eigenvalue weighted by Gasteiger charge is -2.14. The molecule has 0 fully saturated rings. The van der Waals surface area contributed by atoms with E-state index >= 15 is 0 Å². The number of benzene rings is 1. The second-order valence-electron chi connectivity index (χ2n) is 4.64. The van der Waals surface area contributed by atoms with E-state index < -0.39 is 22.0 Å². The van der Waals surface area contributed by atoms with Crippen LogP contribution in [0.5, 0.6) is 0 Å². The van der Waals surface area contributed by atoms with Gasteiger partial charge in [-0.15, -0.1) is 0 Å². The largest absolute Gasteiger partial charge is 0.393 e. The fourth-order valence-corrected chi connectivity index (χ4v) is 3.78. The van der Waals surface area contributed by atoms with Crippen molar-refractivity contribution >= 4 is 9.84 Å². The first kappa shape index (κ1) is 14.2. The van der Waals surface area contributed by atoms with Gasteiger partial charge in [-0.25, -0.2) is 8.42 Å². The number of hydrogen-bond acceptors (Lipinski definition) is 4. The first-order valence-corrected chi connectivity index (χ1v) is 7.77. The maximum Gasteiger partial charge on any atom is 0.205 e. The van der Waals surface area contributed by atoms with E-state index in [1.807, 2.05) is 13.8 Å². The molecule has 4 nitrogen and oxygen atoms in total. The molecule has 1 heterocycles. The van der Waals surface area contributed by atoms with Crippen LogP contribution in [-0.4, -0.2) is 32.3 Å². The second-order valence-corrected chi connectivity index (χ2v) is 6.59. The van der Waals surface area contributed by atoms with Gasteiger partial charge in [-0.05, 0) is 31.6 Å². The average Bonchev–Trinajstić information content (AvgIpc) is 2.83. The third kappa shape index (κ3) is 2.73. The normalized spacial score (nSPS) is 23.4. The van der Waals surface area contributed by atoms with Crippen LogP contribution in [-0.2, 0) is 14.6 Å². The van der Waals surface area contributed by atoms with Gasteiger partial charge in [-0.2, -0.15) is 0 Å². The molecule has 19 heavy (non-hydrogen) atoms. The molecule has 0 aromatic heterocycles. The molecule has 1 aromatic carbocycles. The molecule has 1 aliphatic heterocycles. The van der Waals surface area contributed by atoms with Crippen LogP contribution in [0.25, 0.3) is 0 Å². The van der Waals surface area contributed by atoms with Crippen LogP contribution < -0.4 is 0 Å². The number of aryl methyl sites for hydroxylation is 1. The lowest BCUT2D eigenvalue weighted by atomic mass is 10.2. The molecule has 1 aromatic rings. The van der Waals surface area contributed by atoms with E-state index in [0.29, 0.717) is 6.42 Å². The maximum absolute atomic E-state index is 12.5. The Kier molecular flexibility index (Phi) is 4.08. The van der Waals surface area contributed by atoms with Crippen LogP contribution in [0.1, 0.15) is 18.9 Å². The van der Waals surface area contributed by atoms with Gasteiger partial charge in [-0.3, -0.25) is 0 Å². The van der Waals surface area contributed by atoms with Crippen molar-refractivity contribution in [2.24, 2.45) is 0 Å². The van der Waals surface area contributed by atoms with Crippen molar-refractivity contribution in [2.45, 2.75) is 37.4 Å². The van der Waals surface area contributed by atoms with Gasteiger partial charge in [0, 0.05) is 0 Å². The second kappa shape index (κ2) is 5.45. The molecular formula is C14H18O4S. The molecule has 0 aliphatic carbocycles. The molecule has 1 aliphatic rings. The Morgan fingerprint density at radius 2 is 1.89 bits per heavy atom. The topological polar surface area (TPSA) is 63.6 Å². The lowest BCUT2D eigenvalue weighted by molar-refractivity contribution is 0.0233. The van der Waals surface area contributed by atoms with E-state index in [0.717, 1.165) is 5.56 Å². The molecule has 104 valence electrons. The summed E-state index contributed by atoms with van der Waals surface area (Å²) in [6.07, 6.45) is 1.08. The fraction of sp³-hybridized carbons (Fsp3) is 0.429. The lowest BCUT2D eigenvalue weighted by Crippen LogP contribution is -2.19. The van der Waals surface area contributed by atoms with Crippen molar-refractivity contribution in [3.8, 4) is 0 Å². The highest BCUT2D eigenvalue weighted by atomic mass is 32.2. The van der Waals surface area contributed by atoms with Gasteiger partial charge in [0.05, 0.1) is 22.5 Å². The maximum atomic E-state index is 12.5. The number of ether oxygens (including phenoxy) is 1. The molecule has 0 saturated carbocycles. The highest BCUT2D eigenvalue weighted by Crippen LogP contribution is 2.31. The Balaban J connectivity index is 2.41. The molecule has 2 rings (SSSR count). The Bertz CT molecular complexity index is 572. The third-order valence-electron chi connectivity index (χ3n) is 3.20. The summed E-state index contributed by atoms with van der Waals surface area (Å²) in [5, 5.41) is 9.11. The highest BCUT2D eigenvalue weighted by Gasteiger charge is 2.34. The number of aliphatic hydroxyl groups is 1. The fourth-order valence-electron chi connectivity index (χ4n) is 2.12. The number of aliphatic hydroxyl groups excluding tert-OH is 1. The molecule has 0 saturated heterocycles. The summed E-state index contributed by atoms with van der Waals surface area (Å²) < 4.78 is 30.6. The minimum absolute atomic E-state index is 0.205. The van der Waals surface area contributed by atoms with Crippen LogP contribution in [0.15, 0.2) is 40.1 Å². The SMILES string of the molecule is CC[C@@H]1O[C@H](CO)C=C1S(=O)(=O)c1ccc(C)cc1. The standard InChI is InChI=1S/C14H18O4S/c1-3-13-14(8-11(9-15)18-13)19(16,17)12-6-4-10(2)5-7-12/h4-8,11,13,15H,3,9H2,1-2H3/t11-,13-/m0/s1. The quantitative estimate of drug-likeness (QED) is 0.915. The predicted molar refractivity (Wildman–Crippen MR) is 72.5 cm³/mol. The van der Waals surface area contributed by atoms with Gasteiger partial charge in [-0.1, -0.05) is 24.6 Å². The number of hydrogen-bond donors (Lipinski definition) is 1. The Morgan fingerprint density at radius 1 is 1.26 bits per heavy atom. The van der Waals surface area contributed by atoms with E-state index in [1.54, 1.807) is 24.3 Å². The molecule has 0 radical (unpaired) electrons. The van der Waals surface area contributed by atoms with Gasteiger partial charge in [0.1, 0.15) is 6.10 Å². The smallest absolute Gasteiger partial charge is 0.205 e. The molecule has 2 atom stereocenters. The highest BCUT2D eigenvalue weighted by molar-refractivity contribution is 7.95. The summed E-state index contributed by atoms with van der Waals surface area (Å²) in [4.78, 5) is 0.530. The van der Waals surface area contributed by atoms with Crippen LogP contribution in [0.3, 0.4) is 0 Å².